The van der Waals surface area contributed by atoms with Crippen LogP contribution in [0.1, 0.15) is 40.3 Å². The van der Waals surface area contributed by atoms with Crippen molar-refractivity contribution in [3.63, 3.8) is 0 Å². The van der Waals surface area contributed by atoms with Crippen molar-refractivity contribution in [3.8, 4) is 5.75 Å². The fourth-order valence-electron chi connectivity index (χ4n) is 5.18. The van der Waals surface area contributed by atoms with E-state index in [-0.39, 0.29) is 32.0 Å². The summed E-state index contributed by atoms with van der Waals surface area (Å²) >= 11 is 3.49. The summed E-state index contributed by atoms with van der Waals surface area (Å²) in [6.45, 7) is 0.598. The summed E-state index contributed by atoms with van der Waals surface area (Å²) in [5.41, 5.74) is 11.0. The Morgan fingerprint density at radius 3 is 2.53 bits per heavy atom. The number of carbonyl (C=O) groups excluding carboxylic acids is 1. The van der Waals surface area contributed by atoms with Crippen molar-refractivity contribution in [2.75, 3.05) is 13.2 Å². The van der Waals surface area contributed by atoms with Crippen LogP contribution in [0.3, 0.4) is 0 Å². The van der Waals surface area contributed by atoms with E-state index in [1.807, 2.05) is 60.7 Å². The van der Waals surface area contributed by atoms with E-state index in [0.29, 0.717) is 29.9 Å². The van der Waals surface area contributed by atoms with Crippen molar-refractivity contribution in [3.05, 3.63) is 146 Å². The number of ether oxygens (including phenoxy) is 2. The Hall–Kier alpha value is -4.70. The van der Waals surface area contributed by atoms with Crippen LogP contribution in [0.25, 0.3) is 10.4 Å². The zero-order valence-electron chi connectivity index (χ0n) is 24.3. The van der Waals surface area contributed by atoms with Crippen LogP contribution in [0, 0.1) is 5.82 Å². The Bertz CT molecular complexity index is 1710. The van der Waals surface area contributed by atoms with E-state index in [2.05, 4.69) is 31.3 Å². The fraction of sp³-hybridized carbons (Fsp3) is 0.235. The predicted molar refractivity (Wildman–Crippen MR) is 172 cm³/mol. The van der Waals surface area contributed by atoms with Gasteiger partial charge in [-0.05, 0) is 76.3 Å². The van der Waals surface area contributed by atoms with Crippen molar-refractivity contribution in [2.45, 2.75) is 37.6 Å². The predicted octanol–water partition coefficient (Wildman–Crippen LogP) is 6.98. The number of rotatable bonds is 13. The maximum atomic E-state index is 14.5. The largest absolute Gasteiger partial charge is 0.494 e. The van der Waals surface area contributed by atoms with Crippen LogP contribution in [0.2, 0.25) is 0 Å². The minimum atomic E-state index is -1.49. The van der Waals surface area contributed by atoms with Crippen molar-refractivity contribution < 1.29 is 23.8 Å². The quantitative estimate of drug-likeness (QED) is 0.0688. The number of nitrogens with one attached hydrogen (secondary N) is 1. The molecule has 0 aromatic heterocycles. The summed E-state index contributed by atoms with van der Waals surface area (Å²) in [4.78, 5) is 22.4. The van der Waals surface area contributed by atoms with E-state index in [1.165, 1.54) is 12.1 Å². The molecule has 0 radical (unpaired) electrons. The first kappa shape index (κ1) is 31.7. The number of azide groups is 1. The van der Waals surface area contributed by atoms with E-state index in [9.17, 15) is 9.18 Å². The van der Waals surface area contributed by atoms with Crippen molar-refractivity contribution in [1.29, 1.82) is 0 Å². The molecule has 1 aliphatic heterocycles. The molecule has 5 rings (SSSR count). The Kier molecular flexibility index (Phi) is 10.5. The third kappa shape index (κ3) is 7.69. The van der Waals surface area contributed by atoms with Gasteiger partial charge < -0.3 is 19.9 Å². The molecule has 0 fully saturated rings. The van der Waals surface area contributed by atoms with Crippen LogP contribution >= 0.6 is 15.9 Å². The lowest BCUT2D eigenvalue weighted by Crippen LogP contribution is -2.49. The van der Waals surface area contributed by atoms with Gasteiger partial charge in [-0.3, -0.25) is 4.79 Å². The molecule has 0 saturated carbocycles. The average Bonchev–Trinajstić information content (AvgIpc) is 3.44. The summed E-state index contributed by atoms with van der Waals surface area (Å²) in [5.74, 6) is 0.0984. The van der Waals surface area contributed by atoms with Crippen LogP contribution in [-0.2, 0) is 29.0 Å². The molecule has 0 unspecified atom stereocenters. The molecular weight excluding hydrogens is 641 g/mol. The molecular formula is C34H31BrFN5O4. The second kappa shape index (κ2) is 14.9. The number of aliphatic hydroxyl groups is 1. The minimum absolute atomic E-state index is 0.0372. The third-order valence-corrected chi connectivity index (χ3v) is 7.96. The van der Waals surface area contributed by atoms with Gasteiger partial charge in [-0.1, -0.05) is 69.6 Å². The first-order valence-electron chi connectivity index (χ1n) is 14.4. The monoisotopic (exact) mass is 671 g/mol. The number of aliphatic hydroxyl groups excluding tert-OH is 1. The molecule has 2 atom stereocenters. The number of benzene rings is 4. The number of halogens is 2. The van der Waals surface area contributed by atoms with Gasteiger partial charge in [0.15, 0.2) is 11.6 Å². The second-order valence-electron chi connectivity index (χ2n) is 10.5. The maximum absolute atomic E-state index is 14.5. The number of hydrogen-bond acceptors (Lipinski definition) is 6. The average molecular weight is 673 g/mol. The third-order valence-electron chi connectivity index (χ3n) is 7.43. The van der Waals surface area contributed by atoms with Crippen LogP contribution in [-0.4, -0.2) is 35.7 Å². The van der Waals surface area contributed by atoms with Gasteiger partial charge in [0, 0.05) is 40.9 Å². The van der Waals surface area contributed by atoms with Gasteiger partial charge >= 0.3 is 0 Å². The molecule has 0 bridgehead atoms. The highest BCUT2D eigenvalue weighted by Crippen LogP contribution is 2.43. The van der Waals surface area contributed by atoms with Crippen LogP contribution < -0.4 is 10.1 Å². The lowest BCUT2D eigenvalue weighted by Gasteiger charge is -2.31. The highest BCUT2D eigenvalue weighted by atomic mass is 79.9. The molecule has 230 valence electrons. The molecule has 9 nitrogen and oxygen atoms in total. The lowest BCUT2D eigenvalue weighted by molar-refractivity contribution is -0.129. The Labute approximate surface area is 268 Å². The van der Waals surface area contributed by atoms with Gasteiger partial charge in [-0.15, -0.1) is 0 Å². The molecule has 11 heteroatoms. The van der Waals surface area contributed by atoms with Gasteiger partial charge in [-0.25, -0.2) is 9.38 Å². The second-order valence-corrected chi connectivity index (χ2v) is 11.4. The van der Waals surface area contributed by atoms with E-state index >= 15 is 0 Å². The van der Waals surface area contributed by atoms with Gasteiger partial charge in [0.05, 0.1) is 13.2 Å². The Morgan fingerprint density at radius 2 is 1.82 bits per heavy atom. The van der Waals surface area contributed by atoms with Gasteiger partial charge in [-0.2, -0.15) is 0 Å². The maximum Gasteiger partial charge on any atom is 0.252 e. The van der Waals surface area contributed by atoms with Gasteiger partial charge in [0.2, 0.25) is 5.90 Å². The van der Waals surface area contributed by atoms with Gasteiger partial charge in [0.25, 0.3) is 5.91 Å². The number of aliphatic imine (C=N–C) groups is 1. The Morgan fingerprint density at radius 1 is 1.07 bits per heavy atom. The summed E-state index contributed by atoms with van der Waals surface area (Å²) in [5, 5.41) is 15.8. The van der Waals surface area contributed by atoms with Crippen molar-refractivity contribution >= 4 is 27.7 Å². The highest BCUT2D eigenvalue weighted by Gasteiger charge is 2.53. The van der Waals surface area contributed by atoms with E-state index in [0.717, 1.165) is 21.2 Å². The molecule has 1 aliphatic rings. The standard InChI is InChI=1S/C34H31BrFN5O4/c35-28-13-9-24(10-14-28)31-34(20-26-6-1-2-7-27(26)22-39-41-37,33(43)38-21-23-5-3-8-29(36)19-23)40-32(45-31)25-11-15-30(16-12-25)44-18-4-17-42/h1-3,5-16,19,31,42H,4,17-18,20-22H2,(H,38,43)/t31-,34-/m1/s1. The summed E-state index contributed by atoms with van der Waals surface area (Å²) in [6.07, 6.45) is -0.187. The molecule has 1 heterocycles. The number of amides is 1. The molecule has 4 aromatic carbocycles. The summed E-state index contributed by atoms with van der Waals surface area (Å²) < 4.78 is 27.1. The highest BCUT2D eigenvalue weighted by molar-refractivity contribution is 9.10. The molecule has 1 amide bonds. The van der Waals surface area contributed by atoms with Gasteiger partial charge in [0.1, 0.15) is 11.6 Å². The zero-order chi connectivity index (χ0) is 31.6. The van der Waals surface area contributed by atoms with Crippen LogP contribution in [0.4, 0.5) is 4.39 Å². The lowest BCUT2D eigenvalue weighted by atomic mass is 9.81. The SMILES string of the molecule is [N-]=[N+]=NCc1ccccc1C[C@@]1(C(=O)NCc2cccc(F)c2)N=C(c2ccc(OCCCO)cc2)O[C@@H]1c1ccc(Br)cc1. The molecule has 2 N–H and O–H groups in total. The van der Waals surface area contributed by atoms with E-state index in [4.69, 9.17) is 25.1 Å². The minimum Gasteiger partial charge on any atom is -0.494 e. The normalized spacial score (nSPS) is 17.1. The Balaban J connectivity index is 1.59. The topological polar surface area (TPSA) is 129 Å². The zero-order valence-corrected chi connectivity index (χ0v) is 25.9. The first-order valence-corrected chi connectivity index (χ1v) is 15.2. The summed E-state index contributed by atoms with van der Waals surface area (Å²) in [7, 11) is 0. The van der Waals surface area contributed by atoms with E-state index in [1.54, 1.807) is 24.3 Å². The van der Waals surface area contributed by atoms with Crippen LogP contribution in [0.5, 0.6) is 5.75 Å². The molecule has 0 spiro atoms. The van der Waals surface area contributed by atoms with E-state index < -0.39 is 23.4 Å². The summed E-state index contributed by atoms with van der Waals surface area (Å²) in [6, 6.07) is 28.2. The molecule has 45 heavy (non-hydrogen) atoms. The fourth-order valence-corrected chi connectivity index (χ4v) is 5.45. The number of carbonyl (C=O) groups is 1. The molecule has 0 saturated heterocycles. The van der Waals surface area contributed by atoms with Crippen LogP contribution in [0.15, 0.2) is 112 Å². The van der Waals surface area contributed by atoms with Crippen molar-refractivity contribution in [1.82, 2.24) is 5.32 Å². The number of nitrogens with zero attached hydrogens (tertiary/aromatic N) is 4. The smallest absolute Gasteiger partial charge is 0.252 e. The molecule has 4 aromatic rings. The number of hydrogen-bond donors (Lipinski definition) is 2. The van der Waals surface area contributed by atoms with Crippen molar-refractivity contribution in [2.24, 2.45) is 10.1 Å². The molecule has 0 aliphatic carbocycles. The first-order chi connectivity index (χ1) is 21.9.